The number of rotatable bonds is 5. The molecule has 2 aromatic rings. The standard InChI is InChI=1S/C20H24N4O2/c1-26-19-7-5-16(6-8-19)12-23-15-18-14-22(10-11-24(18)20(23)25)13-17-4-2-3-9-21-17/h2-9,18H,10-15H2,1H3/t18-/m1/s1. The van der Waals surface area contributed by atoms with E-state index in [0.717, 1.165) is 49.7 Å². The molecule has 0 bridgehead atoms. The molecule has 0 aliphatic carbocycles. The Morgan fingerprint density at radius 1 is 1.08 bits per heavy atom. The van der Waals surface area contributed by atoms with E-state index in [-0.39, 0.29) is 12.1 Å². The Kier molecular flexibility index (Phi) is 4.75. The molecule has 2 aliphatic rings. The van der Waals surface area contributed by atoms with Gasteiger partial charge in [-0.2, -0.15) is 0 Å². The van der Waals surface area contributed by atoms with Gasteiger partial charge in [-0.3, -0.25) is 9.88 Å². The van der Waals surface area contributed by atoms with Gasteiger partial charge in [0.1, 0.15) is 5.75 Å². The molecule has 3 heterocycles. The number of pyridine rings is 1. The van der Waals surface area contributed by atoms with Crippen molar-refractivity contribution in [2.75, 3.05) is 33.3 Å². The number of methoxy groups -OCH3 is 1. The first kappa shape index (κ1) is 16.8. The lowest BCUT2D eigenvalue weighted by atomic mass is 10.1. The molecule has 0 saturated carbocycles. The van der Waals surface area contributed by atoms with Crippen LogP contribution in [0.15, 0.2) is 48.7 Å². The first-order chi connectivity index (χ1) is 12.7. The number of fused-ring (bicyclic) bond motifs is 1. The minimum atomic E-state index is 0.156. The van der Waals surface area contributed by atoms with E-state index in [0.29, 0.717) is 6.54 Å². The van der Waals surface area contributed by atoms with Crippen molar-refractivity contribution in [3.8, 4) is 5.75 Å². The molecule has 6 nitrogen and oxygen atoms in total. The first-order valence-corrected chi connectivity index (χ1v) is 9.03. The Balaban J connectivity index is 1.37. The van der Waals surface area contributed by atoms with Gasteiger partial charge < -0.3 is 14.5 Å². The van der Waals surface area contributed by atoms with Gasteiger partial charge in [0.05, 0.1) is 18.8 Å². The number of ether oxygens (including phenoxy) is 1. The minimum Gasteiger partial charge on any atom is -0.497 e. The van der Waals surface area contributed by atoms with E-state index in [1.807, 2.05) is 52.4 Å². The number of urea groups is 1. The number of carbonyl (C=O) groups excluding carboxylic acids is 1. The van der Waals surface area contributed by atoms with Crippen LogP contribution in [0.3, 0.4) is 0 Å². The van der Waals surface area contributed by atoms with Crippen LogP contribution in [0, 0.1) is 0 Å². The molecule has 6 heteroatoms. The maximum atomic E-state index is 12.7. The molecular weight excluding hydrogens is 328 g/mol. The fraction of sp³-hybridized carbons (Fsp3) is 0.400. The van der Waals surface area contributed by atoms with Gasteiger partial charge in [-0.1, -0.05) is 18.2 Å². The van der Waals surface area contributed by atoms with E-state index in [2.05, 4.69) is 16.0 Å². The predicted octanol–water partition coefficient (Wildman–Crippen LogP) is 2.21. The summed E-state index contributed by atoms with van der Waals surface area (Å²) in [6.45, 7) is 4.86. The third-order valence-electron chi connectivity index (χ3n) is 5.16. The molecule has 0 radical (unpaired) electrons. The third-order valence-corrected chi connectivity index (χ3v) is 5.16. The molecular formula is C20H24N4O2. The molecule has 1 atom stereocenters. The highest BCUT2D eigenvalue weighted by molar-refractivity contribution is 5.77. The average Bonchev–Trinajstić information content (AvgIpc) is 2.98. The van der Waals surface area contributed by atoms with Gasteiger partial charge in [-0.05, 0) is 29.8 Å². The first-order valence-electron chi connectivity index (χ1n) is 9.03. The Morgan fingerprint density at radius 2 is 1.92 bits per heavy atom. The van der Waals surface area contributed by atoms with Crippen LogP contribution in [0.4, 0.5) is 4.79 Å². The Bertz CT molecular complexity index is 750. The lowest BCUT2D eigenvalue weighted by Crippen LogP contribution is -2.51. The molecule has 2 aliphatic heterocycles. The van der Waals surface area contributed by atoms with Gasteiger partial charge in [0, 0.05) is 45.5 Å². The number of benzene rings is 1. The van der Waals surface area contributed by atoms with Crippen molar-refractivity contribution >= 4 is 6.03 Å². The molecule has 136 valence electrons. The third kappa shape index (κ3) is 3.51. The van der Waals surface area contributed by atoms with Crippen LogP contribution in [0.1, 0.15) is 11.3 Å². The molecule has 0 unspecified atom stereocenters. The van der Waals surface area contributed by atoms with E-state index in [9.17, 15) is 4.79 Å². The highest BCUT2D eigenvalue weighted by atomic mass is 16.5. The second-order valence-corrected chi connectivity index (χ2v) is 6.91. The van der Waals surface area contributed by atoms with E-state index in [1.165, 1.54) is 0 Å². The SMILES string of the molecule is COc1ccc(CN2C[C@H]3CN(Cc4ccccn4)CCN3C2=O)cc1. The van der Waals surface area contributed by atoms with Crippen LogP contribution in [0.25, 0.3) is 0 Å². The largest absolute Gasteiger partial charge is 0.497 e. The fourth-order valence-electron chi connectivity index (χ4n) is 3.79. The van der Waals surface area contributed by atoms with E-state index >= 15 is 0 Å². The van der Waals surface area contributed by atoms with Crippen molar-refractivity contribution in [1.29, 1.82) is 0 Å². The second-order valence-electron chi connectivity index (χ2n) is 6.91. The van der Waals surface area contributed by atoms with Crippen molar-refractivity contribution < 1.29 is 9.53 Å². The summed E-state index contributed by atoms with van der Waals surface area (Å²) in [5.41, 5.74) is 2.21. The van der Waals surface area contributed by atoms with Crippen LogP contribution >= 0.6 is 0 Å². The summed E-state index contributed by atoms with van der Waals surface area (Å²) in [6.07, 6.45) is 1.83. The fourth-order valence-corrected chi connectivity index (χ4v) is 3.79. The van der Waals surface area contributed by atoms with Gasteiger partial charge in [0.25, 0.3) is 0 Å². The van der Waals surface area contributed by atoms with Crippen LogP contribution in [-0.4, -0.2) is 65.0 Å². The minimum absolute atomic E-state index is 0.156. The van der Waals surface area contributed by atoms with Crippen LogP contribution in [0.5, 0.6) is 5.75 Å². The second kappa shape index (κ2) is 7.33. The van der Waals surface area contributed by atoms with Gasteiger partial charge in [0.2, 0.25) is 0 Å². The van der Waals surface area contributed by atoms with Crippen molar-refractivity contribution in [2.24, 2.45) is 0 Å². The number of carbonyl (C=O) groups is 1. The van der Waals surface area contributed by atoms with Crippen molar-refractivity contribution in [2.45, 2.75) is 19.1 Å². The molecule has 2 fully saturated rings. The van der Waals surface area contributed by atoms with Crippen LogP contribution < -0.4 is 4.74 Å². The number of nitrogens with zero attached hydrogens (tertiary/aromatic N) is 4. The number of amides is 2. The zero-order chi connectivity index (χ0) is 17.9. The van der Waals surface area contributed by atoms with Crippen molar-refractivity contribution in [1.82, 2.24) is 19.7 Å². The van der Waals surface area contributed by atoms with Gasteiger partial charge >= 0.3 is 6.03 Å². The topological polar surface area (TPSA) is 48.9 Å². The van der Waals surface area contributed by atoms with Gasteiger partial charge in [0.15, 0.2) is 0 Å². The lowest BCUT2D eigenvalue weighted by Gasteiger charge is -2.36. The van der Waals surface area contributed by atoms with Crippen molar-refractivity contribution in [3.05, 3.63) is 59.9 Å². The molecule has 0 spiro atoms. The lowest BCUT2D eigenvalue weighted by molar-refractivity contribution is 0.115. The summed E-state index contributed by atoms with van der Waals surface area (Å²) in [4.78, 5) is 23.5. The normalized spacial score (nSPS) is 20.3. The summed E-state index contributed by atoms with van der Waals surface area (Å²) in [7, 11) is 1.66. The molecule has 2 amide bonds. The predicted molar refractivity (Wildman–Crippen MR) is 98.8 cm³/mol. The van der Waals surface area contributed by atoms with E-state index in [4.69, 9.17) is 4.74 Å². The zero-order valence-corrected chi connectivity index (χ0v) is 15.0. The molecule has 1 aromatic heterocycles. The molecule has 26 heavy (non-hydrogen) atoms. The molecule has 4 rings (SSSR count). The average molecular weight is 352 g/mol. The molecule has 0 N–H and O–H groups in total. The van der Waals surface area contributed by atoms with Gasteiger partial charge in [-0.15, -0.1) is 0 Å². The van der Waals surface area contributed by atoms with E-state index < -0.39 is 0 Å². The van der Waals surface area contributed by atoms with E-state index in [1.54, 1.807) is 7.11 Å². The maximum Gasteiger partial charge on any atom is 0.320 e. The molecule has 2 saturated heterocycles. The summed E-state index contributed by atoms with van der Waals surface area (Å²) < 4.78 is 5.20. The number of hydrogen-bond acceptors (Lipinski definition) is 4. The summed E-state index contributed by atoms with van der Waals surface area (Å²) in [5, 5.41) is 0. The summed E-state index contributed by atoms with van der Waals surface area (Å²) >= 11 is 0. The maximum absolute atomic E-state index is 12.7. The Morgan fingerprint density at radius 3 is 2.65 bits per heavy atom. The van der Waals surface area contributed by atoms with Gasteiger partial charge in [-0.25, -0.2) is 4.79 Å². The summed E-state index contributed by atoms with van der Waals surface area (Å²) in [6, 6.07) is 14.4. The number of hydrogen-bond donors (Lipinski definition) is 0. The highest BCUT2D eigenvalue weighted by Gasteiger charge is 2.40. The zero-order valence-electron chi connectivity index (χ0n) is 15.0. The highest BCUT2D eigenvalue weighted by Crippen LogP contribution is 2.23. The molecule has 1 aromatic carbocycles. The Labute approximate surface area is 154 Å². The van der Waals surface area contributed by atoms with Crippen LogP contribution in [0.2, 0.25) is 0 Å². The van der Waals surface area contributed by atoms with Crippen molar-refractivity contribution in [3.63, 3.8) is 0 Å². The number of piperazine rings is 1. The Hall–Kier alpha value is -2.60. The van der Waals surface area contributed by atoms with Crippen LogP contribution in [-0.2, 0) is 13.1 Å². The smallest absolute Gasteiger partial charge is 0.320 e. The monoisotopic (exact) mass is 352 g/mol. The number of aromatic nitrogens is 1. The summed E-state index contributed by atoms with van der Waals surface area (Å²) in [5.74, 6) is 0.837. The quantitative estimate of drug-likeness (QED) is 0.828.